The average Bonchev–Trinajstić information content (AvgIpc) is 3.13. The molecule has 0 spiro atoms. The molecule has 4 heterocycles. The molecule has 4 aromatic rings. The molecule has 1 saturated heterocycles. The Kier molecular flexibility index (Phi) is 4.46. The first-order valence-electron chi connectivity index (χ1n) is 9.36. The molecule has 1 aromatic carbocycles. The van der Waals surface area contributed by atoms with Crippen molar-refractivity contribution in [3.63, 3.8) is 0 Å². The van der Waals surface area contributed by atoms with Crippen LogP contribution in [0.3, 0.4) is 0 Å². The molecule has 148 valence electrons. The number of rotatable bonds is 3. The molecule has 5 rings (SSSR count). The van der Waals surface area contributed by atoms with Crippen LogP contribution >= 0.6 is 11.3 Å². The number of alkyl halides is 2. The van der Waals surface area contributed by atoms with Gasteiger partial charge in [0.1, 0.15) is 22.8 Å². The number of fused-ring (bicyclic) bond motifs is 2. The summed E-state index contributed by atoms with van der Waals surface area (Å²) in [6, 6.07) is 9.43. The van der Waals surface area contributed by atoms with E-state index in [2.05, 4.69) is 42.7 Å². The summed E-state index contributed by atoms with van der Waals surface area (Å²) in [4.78, 5) is 23.6. The van der Waals surface area contributed by atoms with Gasteiger partial charge in [-0.15, -0.1) is 11.3 Å². The minimum atomic E-state index is -2.70. The van der Waals surface area contributed by atoms with Crippen molar-refractivity contribution >= 4 is 44.1 Å². The third-order valence-electron chi connectivity index (χ3n) is 5.11. The van der Waals surface area contributed by atoms with Gasteiger partial charge in [-0.2, -0.15) is 0 Å². The highest BCUT2D eigenvalue weighted by Crippen LogP contribution is 2.32. The molecule has 3 aromatic heterocycles. The lowest BCUT2D eigenvalue weighted by Crippen LogP contribution is -2.47. The number of hydrogen-bond donors (Lipinski definition) is 0. The van der Waals surface area contributed by atoms with E-state index in [1.165, 1.54) is 4.88 Å². The molecule has 1 aliphatic heterocycles. The van der Waals surface area contributed by atoms with Crippen molar-refractivity contribution in [3.05, 3.63) is 47.4 Å². The molecule has 0 atom stereocenters. The zero-order valence-corrected chi connectivity index (χ0v) is 16.5. The molecule has 0 bridgehead atoms. The molecular formula is C20H18F2N6S. The van der Waals surface area contributed by atoms with Gasteiger partial charge in [-0.05, 0) is 25.1 Å². The minimum absolute atomic E-state index is 0.424. The SMILES string of the molecule is Cc1cc2c(N3CCN(c4nc(C(F)F)nc5ccccc45)CC3)ncnc2s1. The van der Waals surface area contributed by atoms with Gasteiger partial charge >= 0.3 is 0 Å². The van der Waals surface area contributed by atoms with Gasteiger partial charge in [0.05, 0.1) is 10.9 Å². The standard InChI is InChI=1S/C20H18F2N6S/c1-12-10-14-18(23-11-24-20(14)29-12)27-6-8-28(9-7-27)19-13-4-2-3-5-15(13)25-17(26-19)16(21)22/h2-5,10-11,16H,6-9H2,1H3. The van der Waals surface area contributed by atoms with Crippen LogP contribution < -0.4 is 9.80 Å². The van der Waals surface area contributed by atoms with Gasteiger partial charge in [0.25, 0.3) is 6.43 Å². The summed E-state index contributed by atoms with van der Waals surface area (Å²) in [5, 5.41) is 1.86. The first-order valence-corrected chi connectivity index (χ1v) is 10.2. The number of aryl methyl sites for hydroxylation is 1. The topological polar surface area (TPSA) is 58.0 Å². The van der Waals surface area contributed by atoms with Crippen LogP contribution in [-0.2, 0) is 0 Å². The van der Waals surface area contributed by atoms with E-state index >= 15 is 0 Å². The molecule has 0 amide bonds. The van der Waals surface area contributed by atoms with Crippen molar-refractivity contribution in [1.82, 2.24) is 19.9 Å². The van der Waals surface area contributed by atoms with E-state index < -0.39 is 12.2 Å². The molecule has 29 heavy (non-hydrogen) atoms. The number of nitrogens with zero attached hydrogens (tertiary/aromatic N) is 6. The Labute approximate surface area is 169 Å². The maximum atomic E-state index is 13.3. The second kappa shape index (κ2) is 7.14. The van der Waals surface area contributed by atoms with Crippen molar-refractivity contribution < 1.29 is 8.78 Å². The fourth-order valence-electron chi connectivity index (χ4n) is 3.76. The number of piperazine rings is 1. The summed E-state index contributed by atoms with van der Waals surface area (Å²) >= 11 is 1.66. The number of benzene rings is 1. The monoisotopic (exact) mass is 412 g/mol. The first kappa shape index (κ1) is 18.1. The Hall–Kier alpha value is -2.94. The predicted octanol–water partition coefficient (Wildman–Crippen LogP) is 4.21. The Bertz CT molecular complexity index is 1190. The summed E-state index contributed by atoms with van der Waals surface area (Å²) < 4.78 is 26.6. The summed E-state index contributed by atoms with van der Waals surface area (Å²) in [6.45, 7) is 4.85. The smallest absolute Gasteiger partial charge is 0.297 e. The van der Waals surface area contributed by atoms with Crippen molar-refractivity contribution in [2.45, 2.75) is 13.3 Å². The lowest BCUT2D eigenvalue weighted by atomic mass is 10.2. The molecule has 0 N–H and O–H groups in total. The number of halogens is 2. The van der Waals surface area contributed by atoms with Crippen LogP contribution in [0.1, 0.15) is 17.1 Å². The van der Waals surface area contributed by atoms with Crippen molar-refractivity contribution in [3.8, 4) is 0 Å². The van der Waals surface area contributed by atoms with Gasteiger partial charge in [-0.3, -0.25) is 0 Å². The maximum Gasteiger partial charge on any atom is 0.297 e. The fourth-order valence-corrected chi connectivity index (χ4v) is 4.60. The van der Waals surface area contributed by atoms with Crippen LogP contribution in [0, 0.1) is 6.92 Å². The highest BCUT2D eigenvalue weighted by atomic mass is 32.1. The van der Waals surface area contributed by atoms with Gasteiger partial charge in [0, 0.05) is 36.4 Å². The lowest BCUT2D eigenvalue weighted by Gasteiger charge is -2.36. The van der Waals surface area contributed by atoms with Crippen LogP contribution in [0.5, 0.6) is 0 Å². The molecule has 6 nitrogen and oxygen atoms in total. The summed E-state index contributed by atoms with van der Waals surface area (Å²) in [7, 11) is 0. The van der Waals surface area contributed by atoms with E-state index in [4.69, 9.17) is 0 Å². The highest BCUT2D eigenvalue weighted by molar-refractivity contribution is 7.18. The van der Waals surface area contributed by atoms with E-state index in [0.29, 0.717) is 24.4 Å². The van der Waals surface area contributed by atoms with Crippen LogP contribution in [0.15, 0.2) is 36.7 Å². The number of hydrogen-bond acceptors (Lipinski definition) is 7. The third kappa shape index (κ3) is 3.25. The van der Waals surface area contributed by atoms with E-state index in [0.717, 1.165) is 34.5 Å². The van der Waals surface area contributed by atoms with Crippen LogP contribution in [0.2, 0.25) is 0 Å². The second-order valence-electron chi connectivity index (χ2n) is 6.97. The summed E-state index contributed by atoms with van der Waals surface area (Å²) in [5.74, 6) is 1.08. The molecule has 0 radical (unpaired) electrons. The van der Waals surface area contributed by atoms with Crippen molar-refractivity contribution in [2.75, 3.05) is 36.0 Å². The van der Waals surface area contributed by atoms with Crippen molar-refractivity contribution in [1.29, 1.82) is 0 Å². The number of thiophene rings is 1. The molecule has 1 aliphatic rings. The van der Waals surface area contributed by atoms with Crippen molar-refractivity contribution in [2.24, 2.45) is 0 Å². The maximum absolute atomic E-state index is 13.3. The number of aromatic nitrogens is 4. The lowest BCUT2D eigenvalue weighted by molar-refractivity contribution is 0.141. The summed E-state index contributed by atoms with van der Waals surface area (Å²) in [5.41, 5.74) is 0.543. The van der Waals surface area contributed by atoms with E-state index in [1.807, 2.05) is 12.1 Å². The zero-order valence-electron chi connectivity index (χ0n) is 15.7. The van der Waals surface area contributed by atoms with Gasteiger partial charge in [-0.1, -0.05) is 12.1 Å². The highest BCUT2D eigenvalue weighted by Gasteiger charge is 2.24. The second-order valence-corrected chi connectivity index (χ2v) is 8.21. The van der Waals surface area contributed by atoms with Crippen LogP contribution in [0.4, 0.5) is 20.4 Å². The minimum Gasteiger partial charge on any atom is -0.352 e. The van der Waals surface area contributed by atoms with E-state index in [9.17, 15) is 8.78 Å². The number of anilines is 2. The zero-order chi connectivity index (χ0) is 20.0. The van der Waals surface area contributed by atoms with E-state index in [-0.39, 0.29) is 0 Å². The fraction of sp³-hybridized carbons (Fsp3) is 0.300. The van der Waals surface area contributed by atoms with Crippen LogP contribution in [-0.4, -0.2) is 46.1 Å². The Morgan fingerprint density at radius 2 is 1.66 bits per heavy atom. The average molecular weight is 412 g/mol. The molecule has 0 aliphatic carbocycles. The molecular weight excluding hydrogens is 394 g/mol. The van der Waals surface area contributed by atoms with E-state index in [1.54, 1.807) is 29.8 Å². The van der Waals surface area contributed by atoms with Crippen LogP contribution in [0.25, 0.3) is 21.1 Å². The van der Waals surface area contributed by atoms with Gasteiger partial charge in [0.2, 0.25) is 0 Å². The van der Waals surface area contributed by atoms with Gasteiger partial charge < -0.3 is 9.80 Å². The summed E-state index contributed by atoms with van der Waals surface area (Å²) in [6.07, 6.45) is -1.09. The molecule has 0 unspecified atom stereocenters. The van der Waals surface area contributed by atoms with Gasteiger partial charge in [0.15, 0.2) is 5.82 Å². The predicted molar refractivity (Wildman–Crippen MR) is 111 cm³/mol. The third-order valence-corrected chi connectivity index (χ3v) is 6.06. The number of para-hydroxylation sites is 1. The Morgan fingerprint density at radius 1 is 0.931 bits per heavy atom. The quantitative estimate of drug-likeness (QED) is 0.503. The molecule has 9 heteroatoms. The Balaban J connectivity index is 1.45. The largest absolute Gasteiger partial charge is 0.352 e. The first-order chi connectivity index (χ1) is 14.1. The molecule has 0 saturated carbocycles. The van der Waals surface area contributed by atoms with Gasteiger partial charge in [-0.25, -0.2) is 28.7 Å². The Morgan fingerprint density at radius 3 is 2.41 bits per heavy atom. The normalized spacial score (nSPS) is 15.0. The molecule has 1 fully saturated rings.